The van der Waals surface area contributed by atoms with Gasteiger partial charge in [-0.3, -0.25) is 0 Å². The minimum Gasteiger partial charge on any atom is -0.304 e. The van der Waals surface area contributed by atoms with Gasteiger partial charge in [0, 0.05) is 12.1 Å². The van der Waals surface area contributed by atoms with Crippen molar-refractivity contribution < 1.29 is 0 Å². The van der Waals surface area contributed by atoms with E-state index in [2.05, 4.69) is 140 Å². The Bertz CT molecular complexity index is 1700. The fourth-order valence-corrected chi connectivity index (χ4v) is 6.68. The summed E-state index contributed by atoms with van der Waals surface area (Å²) in [5.41, 5.74) is 12.9. The van der Waals surface area contributed by atoms with E-state index >= 15 is 0 Å². The molecule has 0 fully saturated rings. The van der Waals surface area contributed by atoms with Gasteiger partial charge in [0.2, 0.25) is 0 Å². The molecule has 2 aliphatic rings. The minimum atomic E-state index is -0.361. The van der Waals surface area contributed by atoms with Crippen molar-refractivity contribution in [2.24, 2.45) is 0 Å². The largest absolute Gasteiger partial charge is 0.304 e. The van der Waals surface area contributed by atoms with Gasteiger partial charge >= 0.3 is 0 Å². The Labute approximate surface area is 236 Å². The van der Waals surface area contributed by atoms with Gasteiger partial charge in [0.1, 0.15) is 0 Å². The van der Waals surface area contributed by atoms with Crippen LogP contribution >= 0.6 is 0 Å². The molecule has 192 valence electrons. The molecule has 0 heterocycles. The molecule has 1 heteroatoms. The van der Waals surface area contributed by atoms with Crippen LogP contribution < -0.4 is 0 Å². The van der Waals surface area contributed by atoms with Gasteiger partial charge in [-0.2, -0.15) is 0 Å². The van der Waals surface area contributed by atoms with E-state index in [0.717, 1.165) is 18.4 Å². The van der Waals surface area contributed by atoms with Gasteiger partial charge in [-0.15, -0.1) is 0 Å². The van der Waals surface area contributed by atoms with Crippen molar-refractivity contribution in [1.29, 1.82) is 5.41 Å². The van der Waals surface area contributed by atoms with Gasteiger partial charge < -0.3 is 5.41 Å². The molecule has 0 radical (unpaired) electrons. The van der Waals surface area contributed by atoms with E-state index in [9.17, 15) is 0 Å². The molecule has 0 unspecified atom stereocenters. The summed E-state index contributed by atoms with van der Waals surface area (Å²) in [5.74, 6) is 0. The Morgan fingerprint density at radius 3 is 1.90 bits per heavy atom. The van der Waals surface area contributed by atoms with E-state index in [1.54, 1.807) is 0 Å². The standard InChI is InChI=1S/C39H31N/c40-38(31-23-21-30(22-24-31)29-12-4-1-5-13-29)27-28-20-25-35-34-18-10-11-19-36(34)39(37(35)26-28,32-14-6-2-7-15-32)33-16-8-3-9-17-33/h1-9,11-17,19-26,40H,10,18,27H2. The van der Waals surface area contributed by atoms with Crippen LogP contribution in [0.4, 0.5) is 0 Å². The number of allylic oxidation sites excluding steroid dienone is 4. The Balaban J connectivity index is 1.30. The Morgan fingerprint density at radius 1 is 0.650 bits per heavy atom. The van der Waals surface area contributed by atoms with Crippen molar-refractivity contribution in [3.8, 4) is 11.1 Å². The maximum absolute atomic E-state index is 9.01. The lowest BCUT2D eigenvalue weighted by atomic mass is 9.66. The van der Waals surface area contributed by atoms with Gasteiger partial charge in [-0.05, 0) is 68.5 Å². The molecule has 0 atom stereocenters. The first-order chi connectivity index (χ1) is 19.7. The van der Waals surface area contributed by atoms with Crippen LogP contribution in [0.25, 0.3) is 16.7 Å². The second-order valence-corrected chi connectivity index (χ2v) is 10.8. The zero-order valence-corrected chi connectivity index (χ0v) is 22.5. The van der Waals surface area contributed by atoms with Crippen molar-refractivity contribution in [3.63, 3.8) is 0 Å². The first-order valence-corrected chi connectivity index (χ1v) is 14.1. The van der Waals surface area contributed by atoms with E-state index in [4.69, 9.17) is 5.41 Å². The zero-order valence-electron chi connectivity index (χ0n) is 22.5. The van der Waals surface area contributed by atoms with Crippen LogP contribution in [-0.2, 0) is 11.8 Å². The van der Waals surface area contributed by atoms with Gasteiger partial charge in [0.15, 0.2) is 0 Å². The number of benzene rings is 5. The molecule has 1 nitrogen and oxygen atoms in total. The Morgan fingerprint density at radius 2 is 1.25 bits per heavy atom. The third-order valence-electron chi connectivity index (χ3n) is 8.52. The topological polar surface area (TPSA) is 23.9 Å². The van der Waals surface area contributed by atoms with Crippen LogP contribution in [0.5, 0.6) is 0 Å². The van der Waals surface area contributed by atoms with E-state index < -0.39 is 0 Å². The fraction of sp³-hybridized carbons (Fsp3) is 0.103. The lowest BCUT2D eigenvalue weighted by Gasteiger charge is -2.35. The van der Waals surface area contributed by atoms with Crippen LogP contribution in [0.15, 0.2) is 151 Å². The highest BCUT2D eigenvalue weighted by Gasteiger charge is 2.47. The number of rotatable bonds is 6. The first-order valence-electron chi connectivity index (χ1n) is 14.1. The van der Waals surface area contributed by atoms with Crippen molar-refractivity contribution in [3.05, 3.63) is 185 Å². The summed E-state index contributed by atoms with van der Waals surface area (Å²) in [4.78, 5) is 0. The summed E-state index contributed by atoms with van der Waals surface area (Å²) < 4.78 is 0. The number of hydrogen-bond acceptors (Lipinski definition) is 1. The first kappa shape index (κ1) is 24.3. The Kier molecular flexibility index (Phi) is 6.13. The van der Waals surface area contributed by atoms with Crippen LogP contribution in [0.3, 0.4) is 0 Å². The molecule has 40 heavy (non-hydrogen) atoms. The zero-order chi connectivity index (χ0) is 26.9. The summed E-state index contributed by atoms with van der Waals surface area (Å²) >= 11 is 0. The highest BCUT2D eigenvalue weighted by Crippen LogP contribution is 2.57. The number of nitrogens with one attached hydrogen (secondary N) is 1. The van der Waals surface area contributed by atoms with Crippen LogP contribution in [0.1, 0.15) is 46.2 Å². The molecule has 0 spiro atoms. The SMILES string of the molecule is N=C(Cc1ccc2c(c1)C(c1ccccc1)(c1ccccc1)C1=C2CCC=C1)c1ccc(-c2ccccc2)cc1. The molecular weight excluding hydrogens is 482 g/mol. The number of hydrogen-bond donors (Lipinski definition) is 1. The lowest BCUT2D eigenvalue weighted by Crippen LogP contribution is -2.29. The lowest BCUT2D eigenvalue weighted by molar-refractivity contribution is 0.755. The average Bonchev–Trinajstić information content (AvgIpc) is 3.33. The maximum Gasteiger partial charge on any atom is 0.0710 e. The quantitative estimate of drug-likeness (QED) is 0.219. The third-order valence-corrected chi connectivity index (χ3v) is 8.52. The van der Waals surface area contributed by atoms with E-state index in [1.807, 2.05) is 6.07 Å². The monoisotopic (exact) mass is 513 g/mol. The van der Waals surface area contributed by atoms with Crippen LogP contribution in [0, 0.1) is 5.41 Å². The Hall–Kier alpha value is -4.75. The molecule has 1 N–H and O–H groups in total. The van der Waals surface area contributed by atoms with E-state index in [-0.39, 0.29) is 5.41 Å². The molecule has 7 rings (SSSR count). The van der Waals surface area contributed by atoms with Crippen molar-refractivity contribution >= 4 is 11.3 Å². The minimum absolute atomic E-state index is 0.361. The normalized spacial score (nSPS) is 15.0. The van der Waals surface area contributed by atoms with Crippen LogP contribution in [0.2, 0.25) is 0 Å². The van der Waals surface area contributed by atoms with Crippen molar-refractivity contribution in [2.75, 3.05) is 0 Å². The average molecular weight is 514 g/mol. The summed E-state index contributed by atoms with van der Waals surface area (Å²) in [5, 5.41) is 9.01. The summed E-state index contributed by atoms with van der Waals surface area (Å²) in [7, 11) is 0. The molecule has 2 aliphatic carbocycles. The smallest absolute Gasteiger partial charge is 0.0710 e. The highest BCUT2D eigenvalue weighted by molar-refractivity contribution is 6.00. The summed E-state index contributed by atoms with van der Waals surface area (Å²) in [6.45, 7) is 0. The van der Waals surface area contributed by atoms with Crippen molar-refractivity contribution in [2.45, 2.75) is 24.7 Å². The highest BCUT2D eigenvalue weighted by atomic mass is 14.5. The molecule has 0 saturated carbocycles. The van der Waals surface area contributed by atoms with Crippen LogP contribution in [-0.4, -0.2) is 5.71 Å². The van der Waals surface area contributed by atoms with Gasteiger partial charge in [0.25, 0.3) is 0 Å². The van der Waals surface area contributed by atoms with E-state index in [1.165, 1.54) is 50.1 Å². The molecule has 0 saturated heterocycles. The molecule has 0 amide bonds. The van der Waals surface area contributed by atoms with Gasteiger partial charge in [-0.25, -0.2) is 0 Å². The molecule has 0 aromatic heterocycles. The number of fused-ring (bicyclic) bond motifs is 2. The molecular formula is C39H31N. The predicted octanol–water partition coefficient (Wildman–Crippen LogP) is 9.42. The molecule has 5 aromatic carbocycles. The molecule has 0 aliphatic heterocycles. The van der Waals surface area contributed by atoms with Gasteiger partial charge in [-0.1, -0.05) is 146 Å². The molecule has 0 bridgehead atoms. The maximum atomic E-state index is 9.01. The second kappa shape index (κ2) is 10.1. The predicted molar refractivity (Wildman–Crippen MR) is 167 cm³/mol. The summed E-state index contributed by atoms with van der Waals surface area (Å²) in [6.07, 6.45) is 7.43. The van der Waals surface area contributed by atoms with Crippen molar-refractivity contribution in [1.82, 2.24) is 0 Å². The van der Waals surface area contributed by atoms with Gasteiger partial charge in [0.05, 0.1) is 5.41 Å². The fourth-order valence-electron chi connectivity index (χ4n) is 6.68. The summed E-state index contributed by atoms with van der Waals surface area (Å²) in [6, 6.07) is 47.7. The van der Waals surface area contributed by atoms with E-state index in [0.29, 0.717) is 12.1 Å². The third kappa shape index (κ3) is 3.98. The molecule has 5 aromatic rings. The second-order valence-electron chi connectivity index (χ2n) is 10.8.